The molecular weight excluding hydrogens is 332 g/mol. The topological polar surface area (TPSA) is 38.7 Å². The minimum atomic E-state index is -0.542. The lowest BCUT2D eigenvalue weighted by Crippen LogP contribution is -2.03. The highest BCUT2D eigenvalue weighted by atomic mass is 79.9. The number of fused-ring (bicyclic) bond motifs is 1. The molecule has 1 N–H and O–H groups in total. The summed E-state index contributed by atoms with van der Waals surface area (Å²) >= 11 is 3.52. The van der Waals surface area contributed by atoms with E-state index >= 15 is 0 Å². The van der Waals surface area contributed by atoms with Gasteiger partial charge in [0.15, 0.2) is 0 Å². The number of hydrogen-bond acceptors (Lipinski definition) is 3. The lowest BCUT2D eigenvalue weighted by atomic mass is 9.99. The van der Waals surface area contributed by atoms with Crippen LogP contribution in [0.5, 0.6) is 11.5 Å². The summed E-state index contributed by atoms with van der Waals surface area (Å²) in [7, 11) is 1.64. The minimum absolute atomic E-state index is 0.539. The van der Waals surface area contributed by atoms with Crippen LogP contribution in [0.1, 0.15) is 22.8 Å². The highest BCUT2D eigenvalue weighted by molar-refractivity contribution is 9.10. The minimum Gasteiger partial charge on any atom is -0.497 e. The van der Waals surface area contributed by atoms with Crippen molar-refractivity contribution in [1.82, 2.24) is 0 Å². The molecule has 0 amide bonds. The molecule has 1 atom stereocenters. The van der Waals surface area contributed by atoms with Crippen LogP contribution in [0, 0.1) is 0 Å². The molecule has 4 heteroatoms. The first-order valence-corrected chi connectivity index (χ1v) is 7.73. The zero-order valence-corrected chi connectivity index (χ0v) is 13.4. The largest absolute Gasteiger partial charge is 0.497 e. The summed E-state index contributed by atoms with van der Waals surface area (Å²) in [6, 6.07) is 11.7. The van der Waals surface area contributed by atoms with E-state index in [0.29, 0.717) is 6.42 Å². The first-order chi connectivity index (χ1) is 10.2. The first-order valence-electron chi connectivity index (χ1n) is 6.93. The van der Waals surface area contributed by atoms with E-state index in [0.717, 1.165) is 40.1 Å². The average molecular weight is 349 g/mol. The van der Waals surface area contributed by atoms with Gasteiger partial charge in [-0.3, -0.25) is 0 Å². The maximum absolute atomic E-state index is 10.5. The number of halogens is 1. The van der Waals surface area contributed by atoms with Crippen molar-refractivity contribution in [2.75, 3.05) is 13.7 Å². The van der Waals surface area contributed by atoms with Crippen LogP contribution in [0.15, 0.2) is 40.9 Å². The predicted molar refractivity (Wildman–Crippen MR) is 85.0 cm³/mol. The van der Waals surface area contributed by atoms with Gasteiger partial charge in [-0.25, -0.2) is 0 Å². The van der Waals surface area contributed by atoms with Crippen molar-refractivity contribution >= 4 is 15.9 Å². The molecule has 0 bridgehead atoms. The van der Waals surface area contributed by atoms with Gasteiger partial charge in [-0.2, -0.15) is 0 Å². The van der Waals surface area contributed by atoms with Gasteiger partial charge in [0.1, 0.15) is 11.5 Å². The van der Waals surface area contributed by atoms with Gasteiger partial charge in [-0.15, -0.1) is 0 Å². The summed E-state index contributed by atoms with van der Waals surface area (Å²) in [4.78, 5) is 0. The Morgan fingerprint density at radius 2 is 2.14 bits per heavy atom. The summed E-state index contributed by atoms with van der Waals surface area (Å²) in [5.74, 6) is 1.73. The Morgan fingerprint density at radius 3 is 2.95 bits per heavy atom. The average Bonchev–Trinajstić information content (AvgIpc) is 2.96. The van der Waals surface area contributed by atoms with Crippen LogP contribution in [0.4, 0.5) is 0 Å². The lowest BCUT2D eigenvalue weighted by molar-refractivity contribution is 0.178. The molecular formula is C17H17BrO3. The molecule has 0 saturated carbocycles. The summed E-state index contributed by atoms with van der Waals surface area (Å²) in [5.41, 5.74) is 3.13. The molecule has 3 rings (SSSR count). The van der Waals surface area contributed by atoms with Crippen LogP contribution in [0.2, 0.25) is 0 Å². The van der Waals surface area contributed by atoms with Gasteiger partial charge in [0, 0.05) is 17.3 Å². The standard InChI is InChI=1S/C17H17BrO3/c1-20-14-3-4-15(18)13(9-14)10-16(19)11-2-5-17-12(8-11)6-7-21-17/h2-5,8-9,16,19H,6-7,10H2,1H3. The van der Waals surface area contributed by atoms with Crippen molar-refractivity contribution in [1.29, 1.82) is 0 Å². The van der Waals surface area contributed by atoms with Gasteiger partial charge in [0.05, 0.1) is 19.8 Å². The first kappa shape index (κ1) is 14.4. The number of ether oxygens (including phenoxy) is 2. The molecule has 3 nitrogen and oxygen atoms in total. The smallest absolute Gasteiger partial charge is 0.122 e. The molecule has 0 radical (unpaired) electrons. The van der Waals surface area contributed by atoms with E-state index in [1.54, 1.807) is 7.11 Å². The third kappa shape index (κ3) is 3.06. The number of rotatable bonds is 4. The van der Waals surface area contributed by atoms with Crippen LogP contribution in [-0.2, 0) is 12.8 Å². The van der Waals surface area contributed by atoms with Crippen molar-refractivity contribution < 1.29 is 14.6 Å². The van der Waals surface area contributed by atoms with E-state index in [4.69, 9.17) is 9.47 Å². The highest BCUT2D eigenvalue weighted by Gasteiger charge is 2.16. The Kier molecular flexibility index (Phi) is 4.17. The van der Waals surface area contributed by atoms with Crippen molar-refractivity contribution in [2.24, 2.45) is 0 Å². The van der Waals surface area contributed by atoms with Crippen LogP contribution in [0.3, 0.4) is 0 Å². The molecule has 0 saturated heterocycles. The van der Waals surface area contributed by atoms with E-state index < -0.39 is 6.10 Å². The van der Waals surface area contributed by atoms with E-state index in [9.17, 15) is 5.11 Å². The van der Waals surface area contributed by atoms with Crippen LogP contribution in [-0.4, -0.2) is 18.8 Å². The van der Waals surface area contributed by atoms with E-state index in [2.05, 4.69) is 15.9 Å². The van der Waals surface area contributed by atoms with E-state index in [1.807, 2.05) is 36.4 Å². The molecule has 1 heterocycles. The number of aliphatic hydroxyl groups excluding tert-OH is 1. The van der Waals surface area contributed by atoms with Crippen molar-refractivity contribution in [3.8, 4) is 11.5 Å². The van der Waals surface area contributed by atoms with Gasteiger partial charge in [-0.1, -0.05) is 22.0 Å². The van der Waals surface area contributed by atoms with Gasteiger partial charge in [-0.05, 0) is 47.0 Å². The summed E-state index contributed by atoms with van der Waals surface area (Å²) in [5, 5.41) is 10.5. The molecule has 21 heavy (non-hydrogen) atoms. The third-order valence-electron chi connectivity index (χ3n) is 3.76. The quantitative estimate of drug-likeness (QED) is 0.916. The summed E-state index contributed by atoms with van der Waals surface area (Å²) < 4.78 is 11.7. The fourth-order valence-corrected chi connectivity index (χ4v) is 2.98. The van der Waals surface area contributed by atoms with Crippen LogP contribution < -0.4 is 9.47 Å². The molecule has 2 aromatic rings. The molecule has 1 unspecified atom stereocenters. The third-order valence-corrected chi connectivity index (χ3v) is 4.54. The fraction of sp³-hybridized carbons (Fsp3) is 0.294. The van der Waals surface area contributed by atoms with Crippen molar-refractivity contribution in [2.45, 2.75) is 18.9 Å². The predicted octanol–water partition coefficient (Wildman–Crippen LogP) is 3.67. The van der Waals surface area contributed by atoms with Crippen LogP contribution >= 0.6 is 15.9 Å². The molecule has 110 valence electrons. The molecule has 2 aromatic carbocycles. The SMILES string of the molecule is COc1ccc(Br)c(CC(O)c2ccc3c(c2)CCO3)c1. The Bertz CT molecular complexity index is 654. The van der Waals surface area contributed by atoms with Crippen LogP contribution in [0.25, 0.3) is 0 Å². The molecule has 1 aliphatic rings. The summed E-state index contributed by atoms with van der Waals surface area (Å²) in [6.45, 7) is 0.732. The monoisotopic (exact) mass is 348 g/mol. The normalized spacial score (nSPS) is 14.4. The molecule has 0 spiro atoms. The van der Waals surface area contributed by atoms with E-state index in [-0.39, 0.29) is 0 Å². The Morgan fingerprint density at radius 1 is 1.29 bits per heavy atom. The van der Waals surface area contributed by atoms with Gasteiger partial charge >= 0.3 is 0 Å². The summed E-state index contributed by atoms with van der Waals surface area (Å²) in [6.07, 6.45) is 0.912. The van der Waals surface area contributed by atoms with Gasteiger partial charge in [0.2, 0.25) is 0 Å². The Balaban J connectivity index is 1.81. The molecule has 0 fully saturated rings. The zero-order valence-electron chi connectivity index (χ0n) is 11.8. The maximum Gasteiger partial charge on any atom is 0.122 e. The second kappa shape index (κ2) is 6.08. The fourth-order valence-electron chi connectivity index (χ4n) is 2.57. The lowest BCUT2D eigenvalue weighted by Gasteiger charge is -2.14. The number of methoxy groups -OCH3 is 1. The van der Waals surface area contributed by atoms with E-state index in [1.165, 1.54) is 5.56 Å². The second-order valence-corrected chi connectivity index (χ2v) is 6.00. The Labute approximate surface area is 132 Å². The van der Waals surface area contributed by atoms with Gasteiger partial charge in [0.25, 0.3) is 0 Å². The zero-order chi connectivity index (χ0) is 14.8. The number of hydrogen-bond donors (Lipinski definition) is 1. The van der Waals surface area contributed by atoms with Crippen molar-refractivity contribution in [3.63, 3.8) is 0 Å². The molecule has 0 aliphatic carbocycles. The number of benzene rings is 2. The van der Waals surface area contributed by atoms with Gasteiger partial charge < -0.3 is 14.6 Å². The second-order valence-electron chi connectivity index (χ2n) is 5.14. The molecule has 1 aliphatic heterocycles. The molecule has 0 aromatic heterocycles. The number of aliphatic hydroxyl groups is 1. The van der Waals surface area contributed by atoms with Crippen molar-refractivity contribution in [3.05, 3.63) is 57.6 Å². The Hall–Kier alpha value is -1.52. The maximum atomic E-state index is 10.5. The highest BCUT2D eigenvalue weighted by Crippen LogP contribution is 2.31.